The molecule has 0 bridgehead atoms. The van der Waals surface area contributed by atoms with E-state index in [0.29, 0.717) is 47.6 Å². The highest BCUT2D eigenvalue weighted by molar-refractivity contribution is 5.92. The van der Waals surface area contributed by atoms with Crippen LogP contribution in [0.2, 0.25) is 0 Å². The number of unbranched alkanes of at least 4 members (excludes halogenated alkanes) is 2. The molecule has 14 heteroatoms. The molecule has 1 fully saturated rings. The molecular formula is C56H71FO13. The van der Waals surface area contributed by atoms with Crippen molar-refractivity contribution in [1.82, 2.24) is 0 Å². The summed E-state index contributed by atoms with van der Waals surface area (Å²) < 4.78 is 54.2. The third kappa shape index (κ3) is 17.6. The molecule has 70 heavy (non-hydrogen) atoms. The Morgan fingerprint density at radius 2 is 1.23 bits per heavy atom. The molecule has 0 spiro atoms. The van der Waals surface area contributed by atoms with Gasteiger partial charge in [-0.2, -0.15) is 0 Å². The summed E-state index contributed by atoms with van der Waals surface area (Å²) in [6, 6.07) is 17.4. The van der Waals surface area contributed by atoms with E-state index < -0.39 is 73.1 Å². The van der Waals surface area contributed by atoms with Gasteiger partial charge in [0.25, 0.3) is 0 Å². The van der Waals surface area contributed by atoms with E-state index in [4.69, 9.17) is 23.7 Å². The number of ether oxygens (including phenoxy) is 7. The monoisotopic (exact) mass is 970 g/mol. The Morgan fingerprint density at radius 1 is 0.643 bits per heavy atom. The molecular weight excluding hydrogens is 900 g/mol. The minimum atomic E-state index is -1.44. The van der Waals surface area contributed by atoms with Crippen LogP contribution in [0, 0.1) is 17.2 Å². The summed E-state index contributed by atoms with van der Waals surface area (Å²) >= 11 is 0. The van der Waals surface area contributed by atoms with Crippen LogP contribution in [-0.4, -0.2) is 83.1 Å². The Bertz CT molecular complexity index is 2260. The van der Waals surface area contributed by atoms with Gasteiger partial charge in [0.15, 0.2) is 0 Å². The molecule has 0 aromatic heterocycles. The van der Waals surface area contributed by atoms with Gasteiger partial charge in [0.2, 0.25) is 0 Å². The molecule has 3 aromatic rings. The van der Waals surface area contributed by atoms with Crippen LogP contribution in [0.3, 0.4) is 0 Å². The lowest BCUT2D eigenvalue weighted by molar-refractivity contribution is -0.163. The largest absolute Gasteiger partial charge is 0.492 e. The van der Waals surface area contributed by atoms with Gasteiger partial charge in [-0.05, 0) is 129 Å². The first kappa shape index (κ1) is 56.3. The Labute approximate surface area is 412 Å². The zero-order chi connectivity index (χ0) is 51.2. The fourth-order valence-corrected chi connectivity index (χ4v) is 8.42. The van der Waals surface area contributed by atoms with Crippen molar-refractivity contribution in [2.75, 3.05) is 47.3 Å². The highest BCUT2D eigenvalue weighted by Gasteiger charge is 2.37. The number of rotatable bonds is 28. The summed E-state index contributed by atoms with van der Waals surface area (Å²) in [6.45, 7) is 12.9. The molecule has 13 nitrogen and oxygen atoms in total. The summed E-state index contributed by atoms with van der Waals surface area (Å²) in [6.07, 6.45) is 9.69. The van der Waals surface area contributed by atoms with Crippen LogP contribution in [0.15, 0.2) is 78.9 Å². The third-order valence-corrected chi connectivity index (χ3v) is 12.7. The number of carbonyl (C=O) groups excluding carboxylic acids is 6. The summed E-state index contributed by atoms with van der Waals surface area (Å²) in [5, 5.41) is 0. The molecule has 0 N–H and O–H groups in total. The van der Waals surface area contributed by atoms with E-state index in [0.717, 1.165) is 36.8 Å². The van der Waals surface area contributed by atoms with Crippen LogP contribution in [0.1, 0.15) is 127 Å². The molecule has 0 amide bonds. The number of halogens is 1. The lowest BCUT2D eigenvalue weighted by Gasteiger charge is -2.33. The predicted octanol–water partition coefficient (Wildman–Crippen LogP) is 10.7. The maximum absolute atomic E-state index is 16.5. The van der Waals surface area contributed by atoms with Crippen molar-refractivity contribution in [2.24, 2.45) is 11.3 Å². The van der Waals surface area contributed by atoms with Crippen LogP contribution >= 0.6 is 0 Å². The molecule has 1 aliphatic rings. The standard InChI is InChI=1S/C56H71FO13/c1-9-11-12-14-39-16-18-41(19-17-39)42-20-22-43(23-21-42)44-24-25-46(48(57)30-44)47-29-45(15-13-27-66-54(62)37(3)4)49(31-40(47)10-2)68-34-56(26-28-67-55(63)38(5)6,35-69-52(60)32-50(58)64-7)36-70-53(61)33-51(59)65-8/h20-25,29-31,39,41H,3,5,9-19,26-28,32-36H2,1-2,4,6-8H3. The topological polar surface area (TPSA) is 167 Å². The van der Waals surface area contributed by atoms with Crippen molar-refractivity contribution >= 4 is 35.8 Å². The van der Waals surface area contributed by atoms with Crippen molar-refractivity contribution in [2.45, 2.75) is 124 Å². The lowest BCUT2D eigenvalue weighted by atomic mass is 9.77. The Balaban J connectivity index is 1.68. The van der Waals surface area contributed by atoms with E-state index >= 15 is 4.39 Å². The number of esters is 6. The van der Waals surface area contributed by atoms with Gasteiger partial charge >= 0.3 is 35.8 Å². The second-order valence-corrected chi connectivity index (χ2v) is 18.3. The first-order valence-corrected chi connectivity index (χ1v) is 24.3. The fraction of sp³-hybridized carbons (Fsp3) is 0.500. The number of carbonyl (C=O) groups is 6. The lowest BCUT2D eigenvalue weighted by Crippen LogP contribution is -2.41. The van der Waals surface area contributed by atoms with Crippen LogP contribution < -0.4 is 4.74 Å². The van der Waals surface area contributed by atoms with E-state index in [9.17, 15) is 28.8 Å². The first-order valence-electron chi connectivity index (χ1n) is 24.3. The van der Waals surface area contributed by atoms with Crippen molar-refractivity contribution in [3.05, 3.63) is 101 Å². The van der Waals surface area contributed by atoms with E-state index in [2.05, 4.69) is 53.8 Å². The van der Waals surface area contributed by atoms with Crippen LogP contribution in [0.5, 0.6) is 5.75 Å². The van der Waals surface area contributed by atoms with Gasteiger partial charge in [0.1, 0.15) is 44.2 Å². The number of hydrogen-bond donors (Lipinski definition) is 0. The SMILES string of the molecule is C=C(C)C(=O)OCCCc1cc(-c2ccc(-c3ccc(C4CCC(CCCCC)CC4)cc3)cc2F)c(CC)cc1OCC(CCOC(=O)C(=C)C)(COC(=O)CC(=O)OC)COC(=O)CC(=O)OC. The van der Waals surface area contributed by atoms with Crippen molar-refractivity contribution in [3.8, 4) is 28.0 Å². The van der Waals surface area contributed by atoms with Gasteiger partial charge in [-0.25, -0.2) is 14.0 Å². The molecule has 0 aliphatic heterocycles. The van der Waals surface area contributed by atoms with Gasteiger partial charge in [0.05, 0.1) is 32.8 Å². The maximum Gasteiger partial charge on any atom is 0.333 e. The Hall–Kier alpha value is -6.31. The number of aryl methyl sites for hydroxylation is 2. The average Bonchev–Trinajstić information content (AvgIpc) is 3.35. The minimum Gasteiger partial charge on any atom is -0.492 e. The Morgan fingerprint density at radius 3 is 1.77 bits per heavy atom. The quantitative estimate of drug-likeness (QED) is 0.0222. The summed E-state index contributed by atoms with van der Waals surface area (Å²) in [7, 11) is 2.23. The molecule has 1 aliphatic carbocycles. The highest BCUT2D eigenvalue weighted by Crippen LogP contribution is 2.40. The summed E-state index contributed by atoms with van der Waals surface area (Å²) in [5.41, 5.74) is 4.26. The van der Waals surface area contributed by atoms with Crippen molar-refractivity contribution in [3.63, 3.8) is 0 Å². The molecule has 0 atom stereocenters. The van der Waals surface area contributed by atoms with Gasteiger partial charge in [0, 0.05) is 16.7 Å². The zero-order valence-electron chi connectivity index (χ0n) is 41.9. The van der Waals surface area contributed by atoms with Crippen LogP contribution in [0.4, 0.5) is 4.39 Å². The van der Waals surface area contributed by atoms with Gasteiger partial charge < -0.3 is 33.2 Å². The first-order chi connectivity index (χ1) is 33.5. The third-order valence-electron chi connectivity index (χ3n) is 12.7. The second-order valence-electron chi connectivity index (χ2n) is 18.3. The smallest absolute Gasteiger partial charge is 0.333 e. The number of hydrogen-bond acceptors (Lipinski definition) is 13. The average molecular weight is 971 g/mol. The van der Waals surface area contributed by atoms with Crippen molar-refractivity contribution < 1.29 is 66.3 Å². The maximum atomic E-state index is 16.5. The van der Waals surface area contributed by atoms with Crippen LogP contribution in [0.25, 0.3) is 22.3 Å². The van der Waals surface area contributed by atoms with Gasteiger partial charge in [-0.1, -0.05) is 89.1 Å². The van der Waals surface area contributed by atoms with Crippen LogP contribution in [-0.2, 0) is 70.0 Å². The second kappa shape index (κ2) is 28.4. The number of benzene rings is 3. The molecule has 4 rings (SSSR count). The molecule has 0 radical (unpaired) electrons. The number of methoxy groups -OCH3 is 2. The summed E-state index contributed by atoms with van der Waals surface area (Å²) in [4.78, 5) is 74.2. The fourth-order valence-electron chi connectivity index (χ4n) is 8.42. The predicted molar refractivity (Wildman–Crippen MR) is 263 cm³/mol. The molecule has 0 heterocycles. The molecule has 1 saturated carbocycles. The minimum absolute atomic E-state index is 0.0441. The van der Waals surface area contributed by atoms with Crippen molar-refractivity contribution in [1.29, 1.82) is 0 Å². The van der Waals surface area contributed by atoms with E-state index in [1.807, 2.05) is 19.1 Å². The van der Waals surface area contributed by atoms with Gasteiger partial charge in [-0.15, -0.1) is 0 Å². The van der Waals surface area contributed by atoms with E-state index in [1.165, 1.54) is 63.9 Å². The van der Waals surface area contributed by atoms with E-state index in [-0.39, 0.29) is 37.4 Å². The summed E-state index contributed by atoms with van der Waals surface area (Å²) in [5.74, 6) is -3.55. The molecule has 0 saturated heterocycles. The highest BCUT2D eigenvalue weighted by atomic mass is 19.1. The zero-order valence-corrected chi connectivity index (χ0v) is 41.9. The normalized spacial score (nSPS) is 14.4. The molecule has 3 aromatic carbocycles. The molecule has 0 unspecified atom stereocenters. The Kier molecular flexibility index (Phi) is 22.8. The van der Waals surface area contributed by atoms with Gasteiger partial charge in [-0.3, -0.25) is 19.2 Å². The van der Waals surface area contributed by atoms with E-state index in [1.54, 1.807) is 25.1 Å². The molecule has 380 valence electrons.